The number of carbonyl (C=O) groups excluding carboxylic acids is 2. The number of hydrogen-bond acceptors (Lipinski definition) is 5. The summed E-state index contributed by atoms with van der Waals surface area (Å²) in [7, 11) is 0. The molecule has 0 spiro atoms. The summed E-state index contributed by atoms with van der Waals surface area (Å²) >= 11 is 11.6. The van der Waals surface area contributed by atoms with E-state index in [0.29, 0.717) is 30.2 Å². The van der Waals surface area contributed by atoms with E-state index in [1.165, 1.54) is 23.2 Å². The molecule has 2 aromatic rings. The summed E-state index contributed by atoms with van der Waals surface area (Å²) in [6.07, 6.45) is 2.64. The van der Waals surface area contributed by atoms with Crippen molar-refractivity contribution >= 4 is 46.5 Å². The van der Waals surface area contributed by atoms with Gasteiger partial charge in [-0.05, 0) is 37.1 Å². The van der Waals surface area contributed by atoms with Crippen molar-refractivity contribution in [2.75, 3.05) is 18.4 Å². The molecule has 1 saturated heterocycles. The minimum Gasteiger partial charge on any atom is -0.338 e. The van der Waals surface area contributed by atoms with Crippen molar-refractivity contribution in [3.05, 3.63) is 62.3 Å². The summed E-state index contributed by atoms with van der Waals surface area (Å²) in [6.45, 7) is 0.583. The van der Waals surface area contributed by atoms with Crippen LogP contribution in [0.15, 0.2) is 36.5 Å². The third kappa shape index (κ3) is 4.58. The number of hydrogen-bond donors (Lipinski definition) is 1. The monoisotopic (exact) mass is 422 g/mol. The Hall–Kier alpha value is -2.71. The molecule has 8 nitrogen and oxygen atoms in total. The van der Waals surface area contributed by atoms with Crippen molar-refractivity contribution in [2.24, 2.45) is 5.92 Å². The molecular formula is C18H16Cl2N4O4. The highest BCUT2D eigenvalue weighted by molar-refractivity contribution is 6.31. The Kier molecular flexibility index (Phi) is 6.11. The second-order valence-electron chi connectivity index (χ2n) is 6.36. The zero-order valence-electron chi connectivity index (χ0n) is 14.6. The Morgan fingerprint density at radius 2 is 1.96 bits per heavy atom. The van der Waals surface area contributed by atoms with Crippen molar-refractivity contribution in [1.29, 1.82) is 0 Å². The summed E-state index contributed by atoms with van der Waals surface area (Å²) in [6, 6.07) is 7.12. The van der Waals surface area contributed by atoms with Crippen molar-refractivity contribution < 1.29 is 14.5 Å². The fraction of sp³-hybridized carbons (Fsp3) is 0.278. The summed E-state index contributed by atoms with van der Waals surface area (Å²) in [4.78, 5) is 41.4. The maximum Gasteiger partial charge on any atom is 0.283 e. The highest BCUT2D eigenvalue weighted by atomic mass is 35.5. The van der Waals surface area contributed by atoms with Crippen LogP contribution in [0.1, 0.15) is 23.2 Å². The van der Waals surface area contributed by atoms with E-state index in [9.17, 15) is 19.7 Å². The number of benzene rings is 1. The third-order valence-corrected chi connectivity index (χ3v) is 4.90. The van der Waals surface area contributed by atoms with E-state index >= 15 is 0 Å². The lowest BCUT2D eigenvalue weighted by Gasteiger charge is -2.32. The molecule has 1 aliphatic rings. The number of aromatic nitrogens is 1. The minimum atomic E-state index is -0.639. The lowest BCUT2D eigenvalue weighted by Crippen LogP contribution is -2.44. The van der Waals surface area contributed by atoms with Gasteiger partial charge < -0.3 is 10.2 Å². The number of anilines is 1. The van der Waals surface area contributed by atoms with Gasteiger partial charge in [-0.2, -0.15) is 0 Å². The molecule has 0 saturated carbocycles. The van der Waals surface area contributed by atoms with Crippen LogP contribution in [0.4, 0.5) is 11.5 Å². The smallest absolute Gasteiger partial charge is 0.283 e. The van der Waals surface area contributed by atoms with Gasteiger partial charge in [-0.25, -0.2) is 4.98 Å². The van der Waals surface area contributed by atoms with Gasteiger partial charge in [0.25, 0.3) is 11.6 Å². The van der Waals surface area contributed by atoms with E-state index in [2.05, 4.69) is 10.3 Å². The Morgan fingerprint density at radius 3 is 2.64 bits per heavy atom. The van der Waals surface area contributed by atoms with Gasteiger partial charge in [-0.15, -0.1) is 0 Å². The molecule has 1 fully saturated rings. The number of rotatable bonds is 4. The molecule has 0 bridgehead atoms. The molecule has 0 aliphatic carbocycles. The highest BCUT2D eigenvalue weighted by Crippen LogP contribution is 2.27. The normalized spacial score (nSPS) is 16.5. The predicted octanol–water partition coefficient (Wildman–Crippen LogP) is 3.79. The summed E-state index contributed by atoms with van der Waals surface area (Å²) in [5, 5.41) is 14.6. The lowest BCUT2D eigenvalue weighted by molar-refractivity contribution is -0.385. The third-order valence-electron chi connectivity index (χ3n) is 4.44. The molecule has 1 N–H and O–H groups in total. The minimum absolute atomic E-state index is 0.0465. The number of nitrogens with zero attached hydrogens (tertiary/aromatic N) is 3. The number of nitro groups is 1. The zero-order chi connectivity index (χ0) is 20.3. The van der Waals surface area contributed by atoms with Gasteiger partial charge in [0, 0.05) is 30.4 Å². The average molecular weight is 423 g/mol. The molecule has 10 heteroatoms. The van der Waals surface area contributed by atoms with Gasteiger partial charge in [0.2, 0.25) is 5.91 Å². The first-order valence-corrected chi connectivity index (χ1v) is 9.26. The van der Waals surface area contributed by atoms with Crippen LogP contribution >= 0.6 is 23.2 Å². The Labute approximate surface area is 170 Å². The number of carbonyl (C=O) groups is 2. The number of halogens is 2. The van der Waals surface area contributed by atoms with Crippen molar-refractivity contribution in [2.45, 2.75) is 12.8 Å². The maximum atomic E-state index is 12.8. The van der Waals surface area contributed by atoms with Gasteiger partial charge >= 0.3 is 0 Å². The van der Waals surface area contributed by atoms with Crippen molar-refractivity contribution in [3.8, 4) is 0 Å². The number of nitro benzene ring substituents is 1. The predicted molar refractivity (Wildman–Crippen MR) is 105 cm³/mol. The SMILES string of the molecule is O=C(Nc1ccc(Cl)cn1)[C@@H]1CCCN(C(=O)c2ccc(Cl)cc2[N+](=O)[O-])C1. The second-order valence-corrected chi connectivity index (χ2v) is 7.23. The van der Waals surface area contributed by atoms with Gasteiger partial charge in [0.05, 0.1) is 15.9 Å². The summed E-state index contributed by atoms with van der Waals surface area (Å²) in [5.74, 6) is -0.837. The molecule has 2 heterocycles. The number of piperidine rings is 1. The van der Waals surface area contributed by atoms with Crippen LogP contribution in [0.3, 0.4) is 0 Å². The average Bonchev–Trinajstić information content (AvgIpc) is 2.69. The first kappa shape index (κ1) is 20.0. The van der Waals surface area contributed by atoms with E-state index in [4.69, 9.17) is 23.2 Å². The number of pyridine rings is 1. The molecule has 0 unspecified atom stereocenters. The van der Waals surface area contributed by atoms with Crippen LogP contribution in [0.5, 0.6) is 0 Å². The Balaban J connectivity index is 1.72. The van der Waals surface area contributed by atoms with E-state index < -0.39 is 16.7 Å². The first-order chi connectivity index (χ1) is 13.3. The van der Waals surface area contributed by atoms with Crippen molar-refractivity contribution in [3.63, 3.8) is 0 Å². The molecule has 28 heavy (non-hydrogen) atoms. The van der Waals surface area contributed by atoms with Crippen LogP contribution < -0.4 is 5.32 Å². The molecular weight excluding hydrogens is 407 g/mol. The highest BCUT2D eigenvalue weighted by Gasteiger charge is 2.32. The topological polar surface area (TPSA) is 105 Å². The molecule has 1 atom stereocenters. The number of nitrogens with one attached hydrogen (secondary N) is 1. The maximum absolute atomic E-state index is 12.8. The first-order valence-electron chi connectivity index (χ1n) is 8.51. The van der Waals surface area contributed by atoms with E-state index in [1.54, 1.807) is 12.1 Å². The molecule has 1 aromatic heterocycles. The second kappa shape index (κ2) is 8.53. The molecule has 1 aromatic carbocycles. The number of likely N-dealkylation sites (tertiary alicyclic amines) is 1. The molecule has 146 valence electrons. The van der Waals surface area contributed by atoms with Gasteiger partial charge in [0.1, 0.15) is 11.4 Å². The van der Waals surface area contributed by atoms with Crippen LogP contribution in [0.2, 0.25) is 10.0 Å². The van der Waals surface area contributed by atoms with Crippen LogP contribution in [0.25, 0.3) is 0 Å². The molecule has 1 aliphatic heterocycles. The van der Waals surface area contributed by atoms with Crippen LogP contribution in [0, 0.1) is 16.0 Å². The molecule has 3 rings (SSSR count). The van der Waals surface area contributed by atoms with E-state index in [-0.39, 0.29) is 28.7 Å². The van der Waals surface area contributed by atoms with Crippen LogP contribution in [-0.4, -0.2) is 39.7 Å². The van der Waals surface area contributed by atoms with E-state index in [0.717, 1.165) is 6.07 Å². The quantitative estimate of drug-likeness (QED) is 0.595. The fourth-order valence-corrected chi connectivity index (χ4v) is 3.34. The van der Waals surface area contributed by atoms with Gasteiger partial charge in [-0.1, -0.05) is 23.2 Å². The Morgan fingerprint density at radius 1 is 1.21 bits per heavy atom. The van der Waals surface area contributed by atoms with Crippen molar-refractivity contribution in [1.82, 2.24) is 9.88 Å². The summed E-state index contributed by atoms with van der Waals surface area (Å²) < 4.78 is 0. The Bertz CT molecular complexity index is 920. The lowest BCUT2D eigenvalue weighted by atomic mass is 9.96. The fourth-order valence-electron chi connectivity index (χ4n) is 3.06. The largest absolute Gasteiger partial charge is 0.338 e. The molecule has 2 amide bonds. The van der Waals surface area contributed by atoms with Crippen LogP contribution in [-0.2, 0) is 4.79 Å². The van der Waals surface area contributed by atoms with Gasteiger partial charge in [-0.3, -0.25) is 19.7 Å². The number of amides is 2. The summed E-state index contributed by atoms with van der Waals surface area (Å²) in [5.41, 5.74) is -0.399. The zero-order valence-corrected chi connectivity index (χ0v) is 16.1. The standard InChI is InChI=1S/C18H16Cl2N4O4/c19-12-3-5-14(15(8-12)24(27)28)18(26)23-7-1-2-11(10-23)17(25)22-16-6-4-13(20)9-21-16/h3-6,8-9,11H,1-2,7,10H2,(H,21,22,25)/t11-/m1/s1. The molecule has 0 radical (unpaired) electrons. The van der Waals surface area contributed by atoms with Gasteiger partial charge in [0.15, 0.2) is 0 Å². The van der Waals surface area contributed by atoms with E-state index in [1.807, 2.05) is 0 Å².